The lowest BCUT2D eigenvalue weighted by atomic mass is 9.99. The number of hydrogen-bond donors (Lipinski definition) is 0. The van der Waals surface area contributed by atoms with E-state index in [4.69, 9.17) is 33.4 Å². The number of aromatic nitrogens is 1. The van der Waals surface area contributed by atoms with E-state index < -0.39 is 0 Å². The molecule has 1 amide bonds. The highest BCUT2D eigenvalue weighted by atomic mass is 35.5. The van der Waals surface area contributed by atoms with Gasteiger partial charge in [-0.25, -0.2) is 4.98 Å². The van der Waals surface area contributed by atoms with Gasteiger partial charge >= 0.3 is 0 Å². The van der Waals surface area contributed by atoms with Crippen molar-refractivity contribution in [2.24, 2.45) is 0 Å². The molecule has 0 spiro atoms. The molecular formula is C23H17Cl2N3O. The Morgan fingerprint density at radius 2 is 2.00 bits per heavy atom. The van der Waals surface area contributed by atoms with Crippen LogP contribution in [-0.2, 0) is 6.42 Å². The first-order valence-corrected chi connectivity index (χ1v) is 9.95. The average Bonchev–Trinajstić information content (AvgIpc) is 3.10. The molecule has 6 heteroatoms. The molecule has 1 aromatic heterocycles. The van der Waals surface area contributed by atoms with Gasteiger partial charge in [-0.05, 0) is 53.8 Å². The Morgan fingerprint density at radius 1 is 1.21 bits per heavy atom. The summed E-state index contributed by atoms with van der Waals surface area (Å²) in [6.45, 7) is 0.0379. The summed E-state index contributed by atoms with van der Waals surface area (Å²) in [6.07, 6.45) is 3.55. The number of allylic oxidation sites excluding steroid dienone is 1. The molecule has 0 bridgehead atoms. The van der Waals surface area contributed by atoms with Crippen LogP contribution in [0.1, 0.15) is 33.6 Å². The van der Waals surface area contributed by atoms with Gasteiger partial charge in [0.25, 0.3) is 5.91 Å². The molecule has 0 radical (unpaired) electrons. The first-order chi connectivity index (χ1) is 14.0. The fourth-order valence-corrected chi connectivity index (χ4v) is 4.00. The zero-order valence-electron chi connectivity index (χ0n) is 15.7. The number of carbonyl (C=O) groups excluding carboxylic acids is 1. The second-order valence-corrected chi connectivity index (χ2v) is 7.81. The largest absolute Gasteiger partial charge is 0.328 e. The van der Waals surface area contributed by atoms with E-state index in [1.165, 1.54) is 4.90 Å². The summed E-state index contributed by atoms with van der Waals surface area (Å²) in [4.78, 5) is 19.5. The van der Waals surface area contributed by atoms with Gasteiger partial charge in [0.1, 0.15) is 6.54 Å². The number of amides is 1. The van der Waals surface area contributed by atoms with Crippen LogP contribution >= 0.6 is 23.2 Å². The predicted molar refractivity (Wildman–Crippen MR) is 117 cm³/mol. The molecule has 0 saturated heterocycles. The summed E-state index contributed by atoms with van der Waals surface area (Å²) < 4.78 is 0. The molecule has 0 saturated carbocycles. The topological polar surface area (TPSA) is 57.0 Å². The normalized spacial score (nSPS) is 14.1. The van der Waals surface area contributed by atoms with Crippen molar-refractivity contribution in [3.63, 3.8) is 0 Å². The van der Waals surface area contributed by atoms with E-state index in [9.17, 15) is 4.79 Å². The maximum Gasteiger partial charge on any atom is 0.255 e. The molecule has 29 heavy (non-hydrogen) atoms. The Bertz CT molecular complexity index is 1210. The Morgan fingerprint density at radius 3 is 2.76 bits per heavy atom. The molecule has 1 aliphatic carbocycles. The first-order valence-electron chi connectivity index (χ1n) is 9.19. The highest BCUT2D eigenvalue weighted by Gasteiger charge is 2.28. The van der Waals surface area contributed by atoms with Crippen LogP contribution in [0, 0.1) is 11.3 Å². The predicted octanol–water partition coefficient (Wildman–Crippen LogP) is 5.62. The zero-order chi connectivity index (χ0) is 20.5. The minimum Gasteiger partial charge on any atom is -0.328 e. The fraction of sp³-hybridized carbons (Fsp3) is 0.174. The van der Waals surface area contributed by atoms with Crippen LogP contribution in [0.5, 0.6) is 0 Å². The van der Waals surface area contributed by atoms with Gasteiger partial charge < -0.3 is 4.90 Å². The number of para-hydroxylation sites is 1. The van der Waals surface area contributed by atoms with Gasteiger partial charge in [0.05, 0.1) is 32.9 Å². The van der Waals surface area contributed by atoms with Crippen LogP contribution in [0.2, 0.25) is 10.0 Å². The maximum absolute atomic E-state index is 13.2. The van der Waals surface area contributed by atoms with Crippen molar-refractivity contribution in [2.75, 3.05) is 13.6 Å². The Balaban J connectivity index is 1.89. The molecule has 4 nitrogen and oxygen atoms in total. The van der Waals surface area contributed by atoms with Crippen molar-refractivity contribution in [2.45, 2.75) is 12.8 Å². The number of fused-ring (bicyclic) bond motifs is 2. The zero-order valence-corrected chi connectivity index (χ0v) is 17.3. The van der Waals surface area contributed by atoms with Crippen molar-refractivity contribution in [1.82, 2.24) is 9.88 Å². The monoisotopic (exact) mass is 421 g/mol. The Hall–Kier alpha value is -2.87. The molecule has 2 aromatic carbocycles. The number of carbonyl (C=O) groups is 1. The van der Waals surface area contributed by atoms with Gasteiger partial charge in [-0.2, -0.15) is 5.26 Å². The molecule has 1 aliphatic rings. The van der Waals surface area contributed by atoms with Gasteiger partial charge in [-0.3, -0.25) is 4.79 Å². The first kappa shape index (κ1) is 19.4. The molecule has 0 fully saturated rings. The summed E-state index contributed by atoms with van der Waals surface area (Å²) in [7, 11) is 1.65. The van der Waals surface area contributed by atoms with Crippen LogP contribution in [0.25, 0.3) is 22.6 Å². The number of halogens is 2. The standard InChI is InChI=1S/C23H17Cl2N3O/c1-28(11-10-26)23(29)21-16-4-2-3-5-20(16)27-22-15(7-8-17(21)22)12-14-6-9-18(24)19(25)13-14/h2-6,9,12-13H,7-8,11H2,1H3/b15-12-. The second kappa shape index (κ2) is 7.87. The fourth-order valence-electron chi connectivity index (χ4n) is 3.70. The van der Waals surface area contributed by atoms with E-state index in [-0.39, 0.29) is 12.5 Å². The third-order valence-electron chi connectivity index (χ3n) is 5.09. The maximum atomic E-state index is 13.2. The molecule has 3 aromatic rings. The SMILES string of the molecule is CN(CC#N)C(=O)c1c2c(nc3ccccc13)/C(=C\c1ccc(Cl)c(Cl)c1)CC2. The quantitative estimate of drug-likeness (QED) is 0.515. The van der Waals surface area contributed by atoms with Gasteiger partial charge in [-0.1, -0.05) is 47.5 Å². The second-order valence-electron chi connectivity index (χ2n) is 6.99. The highest BCUT2D eigenvalue weighted by Crippen LogP contribution is 2.38. The van der Waals surface area contributed by atoms with Crippen LogP contribution in [0.3, 0.4) is 0 Å². The number of benzene rings is 2. The third-order valence-corrected chi connectivity index (χ3v) is 5.83. The van der Waals surface area contributed by atoms with Crippen molar-refractivity contribution in [3.8, 4) is 6.07 Å². The van der Waals surface area contributed by atoms with Gasteiger partial charge in [0, 0.05) is 12.4 Å². The van der Waals surface area contributed by atoms with Gasteiger partial charge in [-0.15, -0.1) is 0 Å². The molecule has 0 unspecified atom stereocenters. The molecular weight excluding hydrogens is 405 g/mol. The molecule has 1 heterocycles. The third kappa shape index (κ3) is 3.60. The molecule has 144 valence electrons. The number of nitrogens with zero attached hydrogens (tertiary/aromatic N) is 3. The summed E-state index contributed by atoms with van der Waals surface area (Å²) in [5.74, 6) is -0.155. The van der Waals surface area contributed by atoms with Gasteiger partial charge in [0.15, 0.2) is 0 Å². The molecule has 4 rings (SSSR count). The Kier molecular flexibility index (Phi) is 5.27. The molecule has 0 atom stereocenters. The smallest absolute Gasteiger partial charge is 0.255 e. The Labute approximate surface area is 179 Å². The van der Waals surface area contributed by atoms with E-state index in [2.05, 4.69) is 0 Å². The summed E-state index contributed by atoms with van der Waals surface area (Å²) in [5, 5.41) is 10.8. The number of nitriles is 1. The lowest BCUT2D eigenvalue weighted by Crippen LogP contribution is -2.28. The minimum absolute atomic E-state index is 0.0379. The highest BCUT2D eigenvalue weighted by molar-refractivity contribution is 6.42. The van der Waals surface area contributed by atoms with E-state index in [0.717, 1.165) is 46.1 Å². The average molecular weight is 422 g/mol. The lowest BCUT2D eigenvalue weighted by molar-refractivity contribution is 0.0813. The van der Waals surface area contributed by atoms with E-state index in [1.807, 2.05) is 48.5 Å². The van der Waals surface area contributed by atoms with Crippen LogP contribution in [0.15, 0.2) is 42.5 Å². The van der Waals surface area contributed by atoms with E-state index >= 15 is 0 Å². The van der Waals surface area contributed by atoms with Crippen molar-refractivity contribution >= 4 is 51.7 Å². The molecule has 0 N–H and O–H groups in total. The van der Waals surface area contributed by atoms with Crippen LogP contribution < -0.4 is 0 Å². The van der Waals surface area contributed by atoms with Crippen molar-refractivity contribution in [1.29, 1.82) is 5.26 Å². The number of hydrogen-bond acceptors (Lipinski definition) is 3. The van der Waals surface area contributed by atoms with Gasteiger partial charge in [0.2, 0.25) is 0 Å². The summed E-state index contributed by atoms with van der Waals surface area (Å²) >= 11 is 12.2. The van der Waals surface area contributed by atoms with Crippen LogP contribution in [0.4, 0.5) is 0 Å². The summed E-state index contributed by atoms with van der Waals surface area (Å²) in [6, 6.07) is 15.2. The van der Waals surface area contributed by atoms with E-state index in [1.54, 1.807) is 13.1 Å². The van der Waals surface area contributed by atoms with Crippen LogP contribution in [-0.4, -0.2) is 29.4 Å². The van der Waals surface area contributed by atoms with Crippen molar-refractivity contribution in [3.05, 3.63) is 74.9 Å². The van der Waals surface area contributed by atoms with Crippen molar-refractivity contribution < 1.29 is 4.79 Å². The molecule has 0 aliphatic heterocycles. The minimum atomic E-state index is -0.155. The van der Waals surface area contributed by atoms with E-state index in [0.29, 0.717) is 15.6 Å². The number of rotatable bonds is 3. The summed E-state index contributed by atoms with van der Waals surface area (Å²) in [5.41, 5.74) is 5.17. The lowest BCUT2D eigenvalue weighted by Gasteiger charge is -2.17. The number of pyridine rings is 1.